The standard InChI is InChI=1S/C29H36FN3O2/c1-19-17-32(14-15-33(19)29(35)22-10-6-7-11-22)18-25-20(2)27(13-12-26(25)30)31-28(34)24-16-23(24)21-8-4-3-5-9-21/h3-5,8-9,12-13,19,22-24H,6-7,10-11,14-18H2,1-2H3,(H,31,34)/t19-,23?,24?/m0/s1. The van der Waals surface area contributed by atoms with Gasteiger partial charge >= 0.3 is 0 Å². The van der Waals surface area contributed by atoms with Crippen molar-refractivity contribution in [1.82, 2.24) is 9.80 Å². The van der Waals surface area contributed by atoms with E-state index in [1.54, 1.807) is 6.07 Å². The zero-order chi connectivity index (χ0) is 24.5. The Kier molecular flexibility index (Phi) is 6.92. The number of carbonyl (C=O) groups is 2. The van der Waals surface area contributed by atoms with Crippen LogP contribution >= 0.6 is 0 Å². The summed E-state index contributed by atoms with van der Waals surface area (Å²) in [5.41, 5.74) is 3.30. The van der Waals surface area contributed by atoms with E-state index in [4.69, 9.17) is 0 Å². The lowest BCUT2D eigenvalue weighted by atomic mass is 10.0. The Morgan fingerprint density at radius 3 is 2.51 bits per heavy atom. The smallest absolute Gasteiger partial charge is 0.228 e. The minimum Gasteiger partial charge on any atom is -0.337 e. The minimum atomic E-state index is -0.244. The Labute approximate surface area is 207 Å². The van der Waals surface area contributed by atoms with E-state index in [0.717, 1.165) is 50.8 Å². The maximum atomic E-state index is 14.9. The van der Waals surface area contributed by atoms with Gasteiger partial charge in [0.25, 0.3) is 0 Å². The van der Waals surface area contributed by atoms with E-state index in [-0.39, 0.29) is 35.5 Å². The molecular weight excluding hydrogens is 441 g/mol. The highest BCUT2D eigenvalue weighted by molar-refractivity contribution is 5.96. The summed E-state index contributed by atoms with van der Waals surface area (Å²) in [6.45, 7) is 6.62. The molecule has 186 valence electrons. The van der Waals surface area contributed by atoms with E-state index in [1.807, 2.05) is 30.0 Å². The second kappa shape index (κ2) is 10.1. The molecule has 2 aliphatic carbocycles. The van der Waals surface area contributed by atoms with Crippen molar-refractivity contribution in [2.45, 2.75) is 64.5 Å². The molecular formula is C29H36FN3O2. The van der Waals surface area contributed by atoms with Crippen molar-refractivity contribution in [3.8, 4) is 0 Å². The molecule has 1 heterocycles. The van der Waals surface area contributed by atoms with Crippen molar-refractivity contribution in [3.05, 3.63) is 65.0 Å². The van der Waals surface area contributed by atoms with Crippen LogP contribution in [0.1, 0.15) is 61.6 Å². The average molecular weight is 478 g/mol. The van der Waals surface area contributed by atoms with Crippen LogP contribution in [0.5, 0.6) is 0 Å². The number of benzene rings is 2. The highest BCUT2D eigenvalue weighted by Crippen LogP contribution is 2.48. The number of carbonyl (C=O) groups excluding carboxylic acids is 2. The van der Waals surface area contributed by atoms with Crippen LogP contribution < -0.4 is 5.32 Å². The molecule has 0 spiro atoms. The lowest BCUT2D eigenvalue weighted by Crippen LogP contribution is -2.54. The fraction of sp³-hybridized carbons (Fsp3) is 0.517. The molecule has 2 aromatic carbocycles. The number of anilines is 1. The third-order valence-corrected chi connectivity index (χ3v) is 8.23. The van der Waals surface area contributed by atoms with Crippen LogP contribution in [-0.4, -0.2) is 47.3 Å². The zero-order valence-electron chi connectivity index (χ0n) is 20.8. The molecule has 35 heavy (non-hydrogen) atoms. The molecule has 2 saturated carbocycles. The quantitative estimate of drug-likeness (QED) is 0.630. The van der Waals surface area contributed by atoms with Crippen LogP contribution in [-0.2, 0) is 16.1 Å². The predicted molar refractivity (Wildman–Crippen MR) is 135 cm³/mol. The van der Waals surface area contributed by atoms with Crippen molar-refractivity contribution in [2.24, 2.45) is 11.8 Å². The summed E-state index contributed by atoms with van der Waals surface area (Å²) in [5, 5.41) is 3.06. The second-order valence-corrected chi connectivity index (χ2v) is 10.6. The summed E-state index contributed by atoms with van der Waals surface area (Å²) in [4.78, 5) is 30.1. The fourth-order valence-corrected chi connectivity index (χ4v) is 5.97. The Morgan fingerprint density at radius 2 is 1.80 bits per heavy atom. The first-order valence-corrected chi connectivity index (χ1v) is 13.1. The first-order chi connectivity index (χ1) is 16.9. The average Bonchev–Trinajstić information content (AvgIpc) is 3.48. The molecule has 2 aromatic rings. The molecule has 3 fully saturated rings. The van der Waals surface area contributed by atoms with E-state index in [9.17, 15) is 14.0 Å². The Bertz CT molecular complexity index is 1080. The molecule has 1 N–H and O–H groups in total. The molecule has 1 saturated heterocycles. The lowest BCUT2D eigenvalue weighted by Gasteiger charge is -2.41. The number of piperazine rings is 1. The summed E-state index contributed by atoms with van der Waals surface area (Å²) < 4.78 is 14.9. The van der Waals surface area contributed by atoms with Crippen molar-refractivity contribution >= 4 is 17.5 Å². The molecule has 6 heteroatoms. The van der Waals surface area contributed by atoms with Gasteiger partial charge in [0.2, 0.25) is 11.8 Å². The second-order valence-electron chi connectivity index (χ2n) is 10.6. The molecule has 1 aliphatic heterocycles. The van der Waals surface area contributed by atoms with Gasteiger partial charge in [0, 0.05) is 55.3 Å². The number of hydrogen-bond donors (Lipinski definition) is 1. The van der Waals surface area contributed by atoms with Crippen molar-refractivity contribution in [2.75, 3.05) is 25.0 Å². The number of amides is 2. The van der Waals surface area contributed by atoms with Crippen molar-refractivity contribution in [3.63, 3.8) is 0 Å². The van der Waals surface area contributed by atoms with Gasteiger partial charge in [-0.15, -0.1) is 0 Å². The molecule has 0 radical (unpaired) electrons. The molecule has 3 aliphatic rings. The predicted octanol–water partition coefficient (Wildman–Crippen LogP) is 5.10. The molecule has 5 nitrogen and oxygen atoms in total. The van der Waals surface area contributed by atoms with Crippen LogP contribution in [0.2, 0.25) is 0 Å². The maximum absolute atomic E-state index is 14.9. The Balaban J connectivity index is 1.21. The Morgan fingerprint density at radius 1 is 1.06 bits per heavy atom. The van der Waals surface area contributed by atoms with Gasteiger partial charge in [0.1, 0.15) is 5.82 Å². The molecule has 5 rings (SSSR count). The number of hydrogen-bond acceptors (Lipinski definition) is 3. The van der Waals surface area contributed by atoms with E-state index >= 15 is 0 Å². The van der Waals surface area contributed by atoms with E-state index in [1.165, 1.54) is 11.6 Å². The SMILES string of the molecule is Cc1c(NC(=O)C2CC2c2ccccc2)ccc(F)c1CN1CCN(C(=O)C2CCCC2)[C@@H](C)C1. The third kappa shape index (κ3) is 5.13. The number of nitrogens with zero attached hydrogens (tertiary/aromatic N) is 2. The third-order valence-electron chi connectivity index (χ3n) is 8.23. The van der Waals surface area contributed by atoms with E-state index < -0.39 is 0 Å². The topological polar surface area (TPSA) is 52.7 Å². The van der Waals surface area contributed by atoms with Gasteiger partial charge in [-0.1, -0.05) is 43.2 Å². The number of halogens is 1. The van der Waals surface area contributed by atoms with Gasteiger partial charge in [-0.25, -0.2) is 4.39 Å². The minimum absolute atomic E-state index is 0.00664. The Hall–Kier alpha value is -2.73. The highest BCUT2D eigenvalue weighted by atomic mass is 19.1. The molecule has 3 atom stereocenters. The number of nitrogens with one attached hydrogen (secondary N) is 1. The lowest BCUT2D eigenvalue weighted by molar-refractivity contribution is -0.140. The fourth-order valence-electron chi connectivity index (χ4n) is 5.97. The summed E-state index contributed by atoms with van der Waals surface area (Å²) in [6, 6.07) is 13.4. The molecule has 0 bridgehead atoms. The largest absolute Gasteiger partial charge is 0.337 e. The van der Waals surface area contributed by atoms with Gasteiger partial charge in [0.05, 0.1) is 0 Å². The summed E-state index contributed by atoms with van der Waals surface area (Å²) in [5.74, 6) is 0.490. The van der Waals surface area contributed by atoms with Gasteiger partial charge < -0.3 is 10.2 Å². The van der Waals surface area contributed by atoms with Crippen LogP contribution in [0.4, 0.5) is 10.1 Å². The first kappa shape index (κ1) is 24.0. The summed E-state index contributed by atoms with van der Waals surface area (Å²) in [6.07, 6.45) is 5.20. The monoisotopic (exact) mass is 477 g/mol. The van der Waals surface area contributed by atoms with Crippen LogP contribution in [0.15, 0.2) is 42.5 Å². The van der Waals surface area contributed by atoms with E-state index in [0.29, 0.717) is 30.2 Å². The van der Waals surface area contributed by atoms with Gasteiger partial charge in [-0.05, 0) is 62.3 Å². The normalized spacial score (nSPS) is 25.0. The summed E-state index contributed by atoms with van der Waals surface area (Å²) >= 11 is 0. The maximum Gasteiger partial charge on any atom is 0.228 e. The molecule has 2 unspecified atom stereocenters. The van der Waals surface area contributed by atoms with E-state index in [2.05, 4.69) is 29.3 Å². The van der Waals surface area contributed by atoms with Crippen LogP contribution in [0, 0.1) is 24.6 Å². The first-order valence-electron chi connectivity index (χ1n) is 13.1. The van der Waals surface area contributed by atoms with Crippen LogP contribution in [0.25, 0.3) is 0 Å². The van der Waals surface area contributed by atoms with Gasteiger partial charge in [-0.2, -0.15) is 0 Å². The number of rotatable bonds is 6. The zero-order valence-corrected chi connectivity index (χ0v) is 20.8. The van der Waals surface area contributed by atoms with Gasteiger partial charge in [-0.3, -0.25) is 14.5 Å². The van der Waals surface area contributed by atoms with Crippen molar-refractivity contribution in [1.29, 1.82) is 0 Å². The molecule has 0 aromatic heterocycles. The molecule has 2 amide bonds. The summed E-state index contributed by atoms with van der Waals surface area (Å²) in [7, 11) is 0. The van der Waals surface area contributed by atoms with Crippen molar-refractivity contribution < 1.29 is 14.0 Å². The van der Waals surface area contributed by atoms with Gasteiger partial charge in [0.15, 0.2) is 0 Å². The highest BCUT2D eigenvalue weighted by Gasteiger charge is 2.44. The van der Waals surface area contributed by atoms with Crippen LogP contribution in [0.3, 0.4) is 0 Å².